The van der Waals surface area contributed by atoms with Crippen molar-refractivity contribution in [3.05, 3.63) is 45.0 Å². The minimum Gasteiger partial charge on any atom is -0.338 e. The number of hydrogen-bond acceptors (Lipinski definition) is 4. The number of hydrogen-bond donors (Lipinski definition) is 1. The van der Waals surface area contributed by atoms with Crippen molar-refractivity contribution in [2.24, 2.45) is 0 Å². The second kappa shape index (κ2) is 6.27. The third-order valence-corrected chi connectivity index (χ3v) is 5.85. The molecule has 0 bridgehead atoms. The molecule has 1 aliphatic rings. The maximum Gasteiger partial charge on any atom is 0.225 e. The number of rotatable bonds is 2. The fraction of sp³-hybridized carbons (Fsp3) is 0.294. The van der Waals surface area contributed by atoms with E-state index >= 15 is 0 Å². The van der Waals surface area contributed by atoms with E-state index in [4.69, 9.17) is 23.2 Å². The highest BCUT2D eigenvalue weighted by molar-refractivity contribution is 7.19. The first-order chi connectivity index (χ1) is 11.2. The lowest BCUT2D eigenvalue weighted by atomic mass is 10.1. The van der Waals surface area contributed by atoms with Crippen LogP contribution in [0.2, 0.25) is 10.3 Å². The highest BCUT2D eigenvalue weighted by Gasteiger charge is 2.20. The Labute approximate surface area is 148 Å². The fourth-order valence-electron chi connectivity index (χ4n) is 3.09. The molecule has 23 heavy (non-hydrogen) atoms. The molecular formula is C17H15Cl2N3S. The van der Waals surface area contributed by atoms with E-state index in [0.717, 1.165) is 34.6 Å². The Bertz CT molecular complexity index is 876. The number of thiophene rings is 1. The van der Waals surface area contributed by atoms with Gasteiger partial charge in [0.1, 0.15) is 10.6 Å². The van der Waals surface area contributed by atoms with Gasteiger partial charge in [-0.15, -0.1) is 11.3 Å². The monoisotopic (exact) mass is 363 g/mol. The van der Waals surface area contributed by atoms with Crippen LogP contribution in [0.25, 0.3) is 10.2 Å². The number of para-hydroxylation sites is 1. The smallest absolute Gasteiger partial charge is 0.225 e. The van der Waals surface area contributed by atoms with E-state index in [-0.39, 0.29) is 5.28 Å². The largest absolute Gasteiger partial charge is 0.338 e. The van der Waals surface area contributed by atoms with Gasteiger partial charge >= 0.3 is 0 Å². The summed E-state index contributed by atoms with van der Waals surface area (Å²) in [6.07, 6.45) is 5.95. The molecule has 3 aromatic rings. The van der Waals surface area contributed by atoms with Gasteiger partial charge in [-0.25, -0.2) is 4.98 Å². The van der Waals surface area contributed by atoms with Crippen LogP contribution in [0.1, 0.15) is 29.7 Å². The lowest BCUT2D eigenvalue weighted by Gasteiger charge is -2.10. The van der Waals surface area contributed by atoms with Crippen molar-refractivity contribution in [3.63, 3.8) is 0 Å². The molecule has 0 fully saturated rings. The quantitative estimate of drug-likeness (QED) is 0.447. The molecule has 0 radical (unpaired) electrons. The average Bonchev–Trinajstić information content (AvgIpc) is 2.71. The van der Waals surface area contributed by atoms with E-state index in [1.165, 1.54) is 29.7 Å². The molecule has 0 unspecified atom stereocenters. The van der Waals surface area contributed by atoms with E-state index in [0.29, 0.717) is 5.02 Å². The predicted molar refractivity (Wildman–Crippen MR) is 98.4 cm³/mol. The molecule has 0 atom stereocenters. The molecule has 3 nitrogen and oxygen atoms in total. The van der Waals surface area contributed by atoms with Crippen LogP contribution < -0.4 is 5.32 Å². The normalized spacial score (nSPS) is 14.5. The minimum absolute atomic E-state index is 0.267. The first kappa shape index (κ1) is 15.2. The molecule has 1 aliphatic carbocycles. The number of halogens is 2. The number of aryl methyl sites for hydroxylation is 2. The molecule has 2 aromatic heterocycles. The number of anilines is 2. The molecule has 118 valence electrons. The van der Waals surface area contributed by atoms with Crippen LogP contribution in [0.4, 0.5) is 11.5 Å². The number of benzene rings is 1. The summed E-state index contributed by atoms with van der Waals surface area (Å²) < 4.78 is 0. The Morgan fingerprint density at radius 3 is 2.70 bits per heavy atom. The Morgan fingerprint density at radius 1 is 1.00 bits per heavy atom. The zero-order chi connectivity index (χ0) is 15.8. The molecule has 0 saturated carbocycles. The topological polar surface area (TPSA) is 37.8 Å². The van der Waals surface area contributed by atoms with Crippen LogP contribution in [-0.4, -0.2) is 9.97 Å². The lowest BCUT2D eigenvalue weighted by molar-refractivity contribution is 0.713. The number of nitrogens with one attached hydrogen (secondary N) is 1. The second-order valence-corrected chi connectivity index (χ2v) is 7.52. The Morgan fingerprint density at radius 2 is 1.83 bits per heavy atom. The first-order valence-electron chi connectivity index (χ1n) is 7.72. The summed E-state index contributed by atoms with van der Waals surface area (Å²) in [7, 11) is 0. The maximum absolute atomic E-state index is 6.27. The molecule has 6 heteroatoms. The maximum atomic E-state index is 6.27. The van der Waals surface area contributed by atoms with E-state index in [1.807, 2.05) is 24.3 Å². The zero-order valence-corrected chi connectivity index (χ0v) is 14.7. The summed E-state index contributed by atoms with van der Waals surface area (Å²) in [5.41, 5.74) is 2.22. The van der Waals surface area contributed by atoms with Crippen molar-refractivity contribution in [1.29, 1.82) is 0 Å². The van der Waals surface area contributed by atoms with Crippen molar-refractivity contribution in [2.45, 2.75) is 32.1 Å². The summed E-state index contributed by atoms with van der Waals surface area (Å²) in [6, 6.07) is 7.66. The van der Waals surface area contributed by atoms with Gasteiger partial charge in [-0.05, 0) is 55.0 Å². The van der Waals surface area contributed by atoms with E-state index in [1.54, 1.807) is 11.3 Å². The third kappa shape index (κ3) is 2.91. The number of aromatic nitrogens is 2. The molecule has 1 aromatic carbocycles. The Hall–Kier alpha value is -1.36. The highest BCUT2D eigenvalue weighted by Crippen LogP contribution is 2.39. The molecule has 0 aliphatic heterocycles. The van der Waals surface area contributed by atoms with Gasteiger partial charge < -0.3 is 5.32 Å². The van der Waals surface area contributed by atoms with Crippen LogP contribution in [0, 0.1) is 0 Å². The molecule has 2 heterocycles. The summed E-state index contributed by atoms with van der Waals surface area (Å²) in [4.78, 5) is 11.3. The van der Waals surface area contributed by atoms with Crippen molar-refractivity contribution in [3.8, 4) is 0 Å². The van der Waals surface area contributed by atoms with Crippen LogP contribution in [0.5, 0.6) is 0 Å². The SMILES string of the molecule is Clc1nc(Nc2ccccc2Cl)c2c3c(sc2n1)CCCCC3. The molecular weight excluding hydrogens is 349 g/mol. The van der Waals surface area contributed by atoms with Crippen molar-refractivity contribution < 1.29 is 0 Å². The van der Waals surface area contributed by atoms with Crippen LogP contribution >= 0.6 is 34.5 Å². The first-order valence-corrected chi connectivity index (χ1v) is 9.29. The summed E-state index contributed by atoms with van der Waals surface area (Å²) in [5.74, 6) is 0.757. The second-order valence-electron chi connectivity index (χ2n) is 5.69. The van der Waals surface area contributed by atoms with Crippen molar-refractivity contribution in [1.82, 2.24) is 9.97 Å². The molecule has 0 spiro atoms. The van der Waals surface area contributed by atoms with Gasteiger partial charge in [0, 0.05) is 4.88 Å². The Kier molecular flexibility index (Phi) is 4.14. The van der Waals surface area contributed by atoms with E-state index in [2.05, 4.69) is 15.3 Å². The van der Waals surface area contributed by atoms with E-state index in [9.17, 15) is 0 Å². The van der Waals surface area contributed by atoms with Crippen molar-refractivity contribution >= 4 is 56.3 Å². The van der Waals surface area contributed by atoms with Gasteiger partial charge in [0.2, 0.25) is 5.28 Å². The van der Waals surface area contributed by atoms with Crippen LogP contribution in [0.3, 0.4) is 0 Å². The summed E-state index contributed by atoms with van der Waals surface area (Å²) in [5, 5.41) is 5.39. The van der Waals surface area contributed by atoms with Gasteiger partial charge in [0.15, 0.2) is 0 Å². The standard InChI is InChI=1S/C17H15Cl2N3S/c18-11-7-4-5-8-12(11)20-15-14-10-6-2-1-3-9-13(10)23-16(14)22-17(19)21-15/h4-5,7-8H,1-3,6,9H2,(H,20,21,22). The van der Waals surface area contributed by atoms with Crippen molar-refractivity contribution in [2.75, 3.05) is 5.32 Å². The van der Waals surface area contributed by atoms with Crippen LogP contribution in [0.15, 0.2) is 24.3 Å². The van der Waals surface area contributed by atoms with Gasteiger partial charge in [-0.3, -0.25) is 0 Å². The summed E-state index contributed by atoms with van der Waals surface area (Å²) >= 11 is 14.2. The highest BCUT2D eigenvalue weighted by atomic mass is 35.5. The van der Waals surface area contributed by atoms with Gasteiger partial charge in [0.25, 0.3) is 0 Å². The van der Waals surface area contributed by atoms with Crippen LogP contribution in [-0.2, 0) is 12.8 Å². The molecule has 0 saturated heterocycles. The van der Waals surface area contributed by atoms with E-state index < -0.39 is 0 Å². The van der Waals surface area contributed by atoms with Gasteiger partial charge in [-0.2, -0.15) is 4.98 Å². The fourth-order valence-corrected chi connectivity index (χ4v) is 4.75. The molecule has 1 N–H and O–H groups in total. The minimum atomic E-state index is 0.267. The Balaban J connectivity index is 1.88. The number of fused-ring (bicyclic) bond motifs is 3. The lowest BCUT2D eigenvalue weighted by Crippen LogP contribution is -1.98. The summed E-state index contributed by atoms with van der Waals surface area (Å²) in [6.45, 7) is 0. The predicted octanol–water partition coefficient (Wildman–Crippen LogP) is 6.01. The van der Waals surface area contributed by atoms with Gasteiger partial charge in [-0.1, -0.05) is 30.2 Å². The van der Waals surface area contributed by atoms with Gasteiger partial charge in [0.05, 0.1) is 16.1 Å². The average molecular weight is 364 g/mol. The number of nitrogens with zero attached hydrogens (tertiary/aromatic N) is 2. The third-order valence-electron chi connectivity index (χ3n) is 4.16. The molecule has 0 amide bonds. The molecule has 4 rings (SSSR count). The zero-order valence-electron chi connectivity index (χ0n) is 12.4.